The average molecular weight is 404 g/mol. The van der Waals surface area contributed by atoms with Crippen molar-refractivity contribution in [2.24, 2.45) is 0 Å². The van der Waals surface area contributed by atoms with E-state index in [1.165, 1.54) is 10.4 Å². The van der Waals surface area contributed by atoms with Gasteiger partial charge in [-0.1, -0.05) is 30.7 Å². The average Bonchev–Trinajstić information content (AvgIpc) is 2.73. The Hall–Kier alpha value is -2.38. The number of piperidine rings is 1. The molecule has 1 saturated heterocycles. The lowest BCUT2D eigenvalue weighted by Crippen LogP contribution is -2.35. The third-order valence-electron chi connectivity index (χ3n) is 4.93. The largest absolute Gasteiger partial charge is 0.496 e. The molecule has 1 aliphatic heterocycles. The van der Waals surface area contributed by atoms with Gasteiger partial charge in [-0.15, -0.1) is 0 Å². The van der Waals surface area contributed by atoms with Gasteiger partial charge in [0.2, 0.25) is 10.0 Å². The molecule has 0 atom stereocenters. The molecule has 3 rings (SSSR count). The maximum atomic E-state index is 12.9. The quantitative estimate of drug-likeness (QED) is 0.690. The van der Waals surface area contributed by atoms with E-state index in [-0.39, 0.29) is 17.1 Å². The lowest BCUT2D eigenvalue weighted by molar-refractivity contribution is 0.0469. The van der Waals surface area contributed by atoms with Gasteiger partial charge in [0, 0.05) is 18.7 Å². The van der Waals surface area contributed by atoms with Crippen LogP contribution >= 0.6 is 0 Å². The second-order valence-corrected chi connectivity index (χ2v) is 8.77. The van der Waals surface area contributed by atoms with Crippen LogP contribution in [0.4, 0.5) is 0 Å². The van der Waals surface area contributed by atoms with Crippen molar-refractivity contribution in [3.8, 4) is 5.75 Å². The van der Waals surface area contributed by atoms with Crippen LogP contribution in [0.5, 0.6) is 5.75 Å². The molecule has 6 nitrogen and oxygen atoms in total. The zero-order valence-electron chi connectivity index (χ0n) is 16.2. The third-order valence-corrected chi connectivity index (χ3v) is 6.83. The molecular formula is C21H25NO5S. The van der Waals surface area contributed by atoms with Gasteiger partial charge < -0.3 is 9.47 Å². The number of carbonyl (C=O) groups excluding carboxylic acids is 1. The number of hydrogen-bond donors (Lipinski definition) is 0. The van der Waals surface area contributed by atoms with Crippen molar-refractivity contribution in [1.29, 1.82) is 0 Å². The number of para-hydroxylation sites is 1. The molecule has 0 aliphatic carbocycles. The van der Waals surface area contributed by atoms with Gasteiger partial charge in [-0.05, 0) is 43.5 Å². The van der Waals surface area contributed by atoms with E-state index in [0.717, 1.165) is 24.8 Å². The summed E-state index contributed by atoms with van der Waals surface area (Å²) in [5, 5.41) is 0. The predicted octanol–water partition coefficient (Wildman–Crippen LogP) is 3.54. The van der Waals surface area contributed by atoms with E-state index in [2.05, 4.69) is 0 Å². The molecule has 0 spiro atoms. The summed E-state index contributed by atoms with van der Waals surface area (Å²) in [4.78, 5) is 12.8. The molecule has 0 unspecified atom stereocenters. The minimum atomic E-state index is -3.61. The molecule has 2 aromatic rings. The summed E-state index contributed by atoms with van der Waals surface area (Å²) in [5.41, 5.74) is 1.67. The van der Waals surface area contributed by atoms with Crippen molar-refractivity contribution in [2.75, 3.05) is 20.2 Å². The van der Waals surface area contributed by atoms with Crippen LogP contribution < -0.4 is 4.74 Å². The van der Waals surface area contributed by atoms with Gasteiger partial charge in [0.15, 0.2) is 0 Å². The first-order valence-electron chi connectivity index (χ1n) is 9.33. The first-order valence-corrected chi connectivity index (χ1v) is 10.8. The van der Waals surface area contributed by atoms with Crippen LogP contribution in [0.2, 0.25) is 0 Å². The van der Waals surface area contributed by atoms with Gasteiger partial charge in [-0.25, -0.2) is 13.2 Å². The van der Waals surface area contributed by atoms with Gasteiger partial charge in [-0.3, -0.25) is 0 Å². The van der Waals surface area contributed by atoms with Crippen LogP contribution in [0.25, 0.3) is 0 Å². The Morgan fingerprint density at radius 3 is 2.50 bits per heavy atom. The van der Waals surface area contributed by atoms with E-state index in [1.54, 1.807) is 32.2 Å². The van der Waals surface area contributed by atoms with Crippen molar-refractivity contribution in [3.05, 3.63) is 59.2 Å². The zero-order chi connectivity index (χ0) is 20.1. The fourth-order valence-corrected chi connectivity index (χ4v) is 4.82. The monoisotopic (exact) mass is 403 g/mol. The molecule has 0 bridgehead atoms. The molecule has 0 radical (unpaired) electrons. The van der Waals surface area contributed by atoms with E-state index in [1.807, 2.05) is 18.2 Å². The van der Waals surface area contributed by atoms with E-state index >= 15 is 0 Å². The SMILES string of the molecule is COc1ccccc1COC(=O)c1cc(S(=O)(=O)N2CCCCC2)ccc1C. The number of benzene rings is 2. The maximum Gasteiger partial charge on any atom is 0.338 e. The number of methoxy groups -OCH3 is 1. The summed E-state index contributed by atoms with van der Waals surface area (Å²) in [6.07, 6.45) is 2.76. The molecule has 28 heavy (non-hydrogen) atoms. The second-order valence-electron chi connectivity index (χ2n) is 6.83. The molecule has 2 aromatic carbocycles. The number of esters is 1. The van der Waals surface area contributed by atoms with Crippen LogP contribution in [0.15, 0.2) is 47.4 Å². The summed E-state index contributed by atoms with van der Waals surface area (Å²) in [6.45, 7) is 2.84. The number of nitrogens with zero attached hydrogens (tertiary/aromatic N) is 1. The van der Waals surface area contributed by atoms with Gasteiger partial charge in [0.1, 0.15) is 12.4 Å². The fraction of sp³-hybridized carbons (Fsp3) is 0.381. The number of sulfonamides is 1. The molecule has 1 heterocycles. The second kappa shape index (κ2) is 8.75. The Morgan fingerprint density at radius 1 is 1.07 bits per heavy atom. The van der Waals surface area contributed by atoms with E-state index in [0.29, 0.717) is 24.4 Å². The predicted molar refractivity (Wildman–Crippen MR) is 106 cm³/mol. The summed E-state index contributed by atoms with van der Waals surface area (Å²) in [5.74, 6) is 0.0764. The van der Waals surface area contributed by atoms with Crippen molar-refractivity contribution in [1.82, 2.24) is 4.31 Å². The number of carbonyl (C=O) groups is 1. The van der Waals surface area contributed by atoms with Crippen LogP contribution in [0.3, 0.4) is 0 Å². The summed E-state index contributed by atoms with van der Waals surface area (Å²) in [7, 11) is -2.05. The Bertz CT molecular complexity index is 949. The molecule has 0 N–H and O–H groups in total. The Kier molecular flexibility index (Phi) is 6.36. The van der Waals surface area contributed by atoms with Gasteiger partial charge in [0.05, 0.1) is 17.6 Å². The van der Waals surface area contributed by atoms with Crippen LogP contribution in [0.1, 0.15) is 40.7 Å². The first-order chi connectivity index (χ1) is 13.4. The van der Waals surface area contributed by atoms with Crippen molar-refractivity contribution >= 4 is 16.0 Å². The Morgan fingerprint density at radius 2 is 1.79 bits per heavy atom. The van der Waals surface area contributed by atoms with Crippen LogP contribution in [0, 0.1) is 6.92 Å². The summed E-state index contributed by atoms with van der Waals surface area (Å²) < 4.78 is 38.0. The Balaban J connectivity index is 1.80. The molecule has 7 heteroatoms. The van der Waals surface area contributed by atoms with Gasteiger partial charge in [0.25, 0.3) is 0 Å². The molecule has 1 aliphatic rings. The lowest BCUT2D eigenvalue weighted by atomic mass is 10.1. The normalized spacial score (nSPS) is 15.2. The van der Waals surface area contributed by atoms with E-state index < -0.39 is 16.0 Å². The third kappa shape index (κ3) is 4.36. The highest BCUT2D eigenvalue weighted by Gasteiger charge is 2.27. The number of ether oxygens (including phenoxy) is 2. The van der Waals surface area contributed by atoms with E-state index in [4.69, 9.17) is 9.47 Å². The lowest BCUT2D eigenvalue weighted by Gasteiger charge is -2.26. The summed E-state index contributed by atoms with van der Waals surface area (Å²) in [6, 6.07) is 11.9. The fourth-order valence-electron chi connectivity index (χ4n) is 3.28. The molecular weight excluding hydrogens is 378 g/mol. The Labute approximate surface area is 166 Å². The smallest absolute Gasteiger partial charge is 0.338 e. The molecule has 150 valence electrons. The number of aryl methyl sites for hydroxylation is 1. The van der Waals surface area contributed by atoms with Gasteiger partial charge >= 0.3 is 5.97 Å². The minimum absolute atomic E-state index is 0.0470. The van der Waals surface area contributed by atoms with Crippen molar-refractivity contribution < 1.29 is 22.7 Å². The highest BCUT2D eigenvalue weighted by molar-refractivity contribution is 7.89. The maximum absolute atomic E-state index is 12.9. The minimum Gasteiger partial charge on any atom is -0.496 e. The van der Waals surface area contributed by atoms with Gasteiger partial charge in [-0.2, -0.15) is 4.31 Å². The van der Waals surface area contributed by atoms with E-state index in [9.17, 15) is 13.2 Å². The summed E-state index contributed by atoms with van der Waals surface area (Å²) >= 11 is 0. The molecule has 0 amide bonds. The first kappa shape index (κ1) is 20.4. The topological polar surface area (TPSA) is 72.9 Å². The van der Waals surface area contributed by atoms with Crippen LogP contribution in [-0.2, 0) is 21.4 Å². The van der Waals surface area contributed by atoms with Crippen molar-refractivity contribution in [3.63, 3.8) is 0 Å². The zero-order valence-corrected chi connectivity index (χ0v) is 17.0. The van der Waals surface area contributed by atoms with Crippen molar-refractivity contribution in [2.45, 2.75) is 37.7 Å². The highest BCUT2D eigenvalue weighted by atomic mass is 32.2. The molecule has 0 saturated carbocycles. The highest BCUT2D eigenvalue weighted by Crippen LogP contribution is 2.24. The standard InChI is InChI=1S/C21H25NO5S/c1-16-10-11-18(28(24,25)22-12-6-3-7-13-22)14-19(16)21(23)27-15-17-8-4-5-9-20(17)26-2/h4-5,8-11,14H,3,6-7,12-13,15H2,1-2H3. The van der Waals surface area contributed by atoms with Crippen LogP contribution in [-0.4, -0.2) is 38.9 Å². The number of hydrogen-bond acceptors (Lipinski definition) is 5. The molecule has 0 aromatic heterocycles. The number of rotatable bonds is 6. The molecule has 1 fully saturated rings.